The Hall–Kier alpha value is -3.13. The summed E-state index contributed by atoms with van der Waals surface area (Å²) in [5.41, 5.74) is 8.78. The van der Waals surface area contributed by atoms with Crippen LogP contribution in [0.1, 0.15) is 12.6 Å². The number of nitrogens with two attached hydrogens (primary N) is 1. The zero-order valence-electron chi connectivity index (χ0n) is 12.2. The van der Waals surface area contributed by atoms with Crippen LogP contribution >= 0.6 is 0 Å². The van der Waals surface area contributed by atoms with Crippen LogP contribution in [0.4, 0.5) is 4.79 Å². The van der Waals surface area contributed by atoms with E-state index in [0.29, 0.717) is 22.6 Å². The first-order chi connectivity index (χ1) is 11.0. The highest BCUT2D eigenvalue weighted by atomic mass is 16.7. The number of aromatic nitrogens is 2. The average molecular weight is 314 g/mol. The van der Waals surface area contributed by atoms with E-state index in [1.165, 1.54) is 10.5 Å². The first-order valence-electron chi connectivity index (χ1n) is 6.77. The molecule has 0 bridgehead atoms. The van der Waals surface area contributed by atoms with Crippen molar-refractivity contribution in [3.05, 3.63) is 47.8 Å². The van der Waals surface area contributed by atoms with E-state index in [0.717, 1.165) is 5.57 Å². The maximum Gasteiger partial charge on any atom is 0.512 e. The Balaban J connectivity index is 2.13. The molecular formula is C15H14N4O4. The number of nitrogens with zero attached hydrogens (tertiary/aromatic N) is 3. The van der Waals surface area contributed by atoms with Crippen molar-refractivity contribution in [3.8, 4) is 5.88 Å². The molecule has 0 saturated heterocycles. The van der Waals surface area contributed by atoms with Gasteiger partial charge < -0.3 is 20.8 Å². The van der Waals surface area contributed by atoms with Crippen molar-refractivity contribution < 1.29 is 19.8 Å². The van der Waals surface area contributed by atoms with Crippen LogP contribution in [0, 0.1) is 0 Å². The van der Waals surface area contributed by atoms with E-state index >= 15 is 0 Å². The first kappa shape index (κ1) is 14.8. The molecule has 2 aromatic rings. The van der Waals surface area contributed by atoms with Gasteiger partial charge in [-0.1, -0.05) is 23.4 Å². The van der Waals surface area contributed by atoms with E-state index in [4.69, 9.17) is 20.8 Å². The number of pyridine rings is 1. The molecular weight excluding hydrogens is 300 g/mol. The normalized spacial score (nSPS) is 19.6. The van der Waals surface area contributed by atoms with Crippen molar-refractivity contribution in [1.29, 1.82) is 0 Å². The summed E-state index contributed by atoms with van der Waals surface area (Å²) in [5.74, 6) is 0.138. The zero-order valence-corrected chi connectivity index (χ0v) is 12.2. The second-order valence-electron chi connectivity index (χ2n) is 5.00. The van der Waals surface area contributed by atoms with Gasteiger partial charge >= 0.3 is 6.16 Å². The average Bonchev–Trinajstić information content (AvgIpc) is 2.92. The van der Waals surface area contributed by atoms with Crippen molar-refractivity contribution in [3.63, 3.8) is 0 Å². The molecule has 8 nitrogen and oxygen atoms in total. The number of carboxylic acid groups (broad SMARTS) is 1. The number of hydrogen-bond acceptors (Lipinski definition) is 6. The highest BCUT2D eigenvalue weighted by Gasteiger charge is 2.21. The second kappa shape index (κ2) is 5.58. The van der Waals surface area contributed by atoms with Gasteiger partial charge in [0.2, 0.25) is 5.88 Å². The van der Waals surface area contributed by atoms with Gasteiger partial charge in [-0.15, -0.1) is 0 Å². The summed E-state index contributed by atoms with van der Waals surface area (Å²) in [6.45, 7) is 1.78. The van der Waals surface area contributed by atoms with Crippen LogP contribution in [-0.2, 0) is 0 Å². The molecule has 1 aliphatic rings. The third-order valence-electron chi connectivity index (χ3n) is 3.60. The topological polar surface area (TPSA) is 122 Å². The number of oxime groups is 1. The highest BCUT2D eigenvalue weighted by molar-refractivity contribution is 6.12. The van der Waals surface area contributed by atoms with Crippen molar-refractivity contribution in [1.82, 2.24) is 9.38 Å². The number of fused-ring (bicyclic) bond motifs is 1. The summed E-state index contributed by atoms with van der Waals surface area (Å²) in [7, 11) is 0. The van der Waals surface area contributed by atoms with Gasteiger partial charge in [-0.3, -0.25) is 4.40 Å². The molecule has 118 valence electrons. The van der Waals surface area contributed by atoms with Gasteiger partial charge in [0.25, 0.3) is 0 Å². The molecule has 3 rings (SSSR count). The summed E-state index contributed by atoms with van der Waals surface area (Å²) in [4.78, 5) is 15.2. The number of hydrogen-bond donors (Lipinski definition) is 3. The molecule has 1 unspecified atom stereocenters. The van der Waals surface area contributed by atoms with E-state index in [1.54, 1.807) is 37.4 Å². The maximum absolute atomic E-state index is 10.8. The van der Waals surface area contributed by atoms with Crippen LogP contribution in [0.3, 0.4) is 0 Å². The van der Waals surface area contributed by atoms with Crippen molar-refractivity contribution in [2.75, 3.05) is 0 Å². The molecule has 0 saturated carbocycles. The lowest BCUT2D eigenvalue weighted by atomic mass is 9.92. The van der Waals surface area contributed by atoms with E-state index in [-0.39, 0.29) is 5.88 Å². The van der Waals surface area contributed by atoms with Gasteiger partial charge in [0.1, 0.15) is 11.4 Å². The minimum atomic E-state index is -1.40. The molecule has 4 N–H and O–H groups in total. The first-order valence-corrected chi connectivity index (χ1v) is 6.77. The van der Waals surface area contributed by atoms with Crippen molar-refractivity contribution in [2.24, 2.45) is 10.9 Å². The van der Waals surface area contributed by atoms with Crippen LogP contribution < -0.4 is 10.5 Å². The summed E-state index contributed by atoms with van der Waals surface area (Å²) in [5, 5.41) is 21.1. The molecule has 0 aliphatic heterocycles. The van der Waals surface area contributed by atoms with Crippen LogP contribution in [0.5, 0.6) is 5.88 Å². The highest BCUT2D eigenvalue weighted by Crippen LogP contribution is 2.27. The number of rotatable bonds is 2. The number of ether oxygens (including phenoxy) is 1. The Kier molecular flexibility index (Phi) is 3.59. The van der Waals surface area contributed by atoms with Crippen molar-refractivity contribution >= 4 is 23.1 Å². The SMILES string of the molecule is CC1=C(c2cn3c(OC(=O)O)cccc3n2)C=CC(N)C1=NO. The van der Waals surface area contributed by atoms with E-state index in [2.05, 4.69) is 10.1 Å². The van der Waals surface area contributed by atoms with Gasteiger partial charge in [0, 0.05) is 11.8 Å². The lowest BCUT2D eigenvalue weighted by molar-refractivity contribution is 0.142. The Labute approximate surface area is 130 Å². The fourth-order valence-corrected chi connectivity index (χ4v) is 2.51. The Morgan fingerprint density at radius 3 is 2.96 bits per heavy atom. The largest absolute Gasteiger partial charge is 0.512 e. The van der Waals surface area contributed by atoms with E-state index in [1.807, 2.05) is 0 Å². The standard InChI is InChI=1S/C15H14N4O4/c1-8-9(5-6-10(16)14(8)18-22)11-7-19-12(17-11)3-2-4-13(19)23-15(20)21/h2-7,10,22H,16H2,1H3,(H,20,21). The Bertz CT molecular complexity index is 879. The molecule has 0 spiro atoms. The number of allylic oxidation sites excluding steroid dienone is 2. The van der Waals surface area contributed by atoms with Crippen LogP contribution in [0.15, 0.2) is 47.3 Å². The second-order valence-corrected chi connectivity index (χ2v) is 5.00. The minimum Gasteiger partial charge on any atom is -0.449 e. The van der Waals surface area contributed by atoms with Gasteiger partial charge in [-0.05, 0) is 24.6 Å². The van der Waals surface area contributed by atoms with Gasteiger partial charge in [0.05, 0.1) is 11.7 Å². The molecule has 2 heterocycles. The summed E-state index contributed by atoms with van der Waals surface area (Å²) < 4.78 is 6.27. The van der Waals surface area contributed by atoms with Gasteiger partial charge in [-0.25, -0.2) is 9.78 Å². The molecule has 23 heavy (non-hydrogen) atoms. The van der Waals surface area contributed by atoms with Crippen LogP contribution in [-0.4, -0.2) is 37.6 Å². The minimum absolute atomic E-state index is 0.138. The number of carbonyl (C=O) groups is 1. The molecule has 1 atom stereocenters. The predicted molar refractivity (Wildman–Crippen MR) is 82.8 cm³/mol. The Morgan fingerprint density at radius 2 is 2.26 bits per heavy atom. The van der Waals surface area contributed by atoms with E-state index < -0.39 is 12.2 Å². The molecule has 2 aromatic heterocycles. The van der Waals surface area contributed by atoms with Gasteiger partial charge in [-0.2, -0.15) is 0 Å². The van der Waals surface area contributed by atoms with Gasteiger partial charge in [0.15, 0.2) is 0 Å². The monoisotopic (exact) mass is 314 g/mol. The molecule has 0 fully saturated rings. The smallest absolute Gasteiger partial charge is 0.449 e. The Morgan fingerprint density at radius 1 is 1.48 bits per heavy atom. The molecule has 0 radical (unpaired) electrons. The summed E-state index contributed by atoms with van der Waals surface area (Å²) >= 11 is 0. The lowest BCUT2D eigenvalue weighted by Gasteiger charge is -2.17. The molecule has 8 heteroatoms. The van der Waals surface area contributed by atoms with E-state index in [9.17, 15) is 4.79 Å². The summed E-state index contributed by atoms with van der Waals surface area (Å²) in [6.07, 6.45) is 3.76. The molecule has 0 aromatic carbocycles. The fourth-order valence-electron chi connectivity index (χ4n) is 2.51. The fraction of sp³-hybridized carbons (Fsp3) is 0.133. The van der Waals surface area contributed by atoms with Crippen LogP contribution in [0.2, 0.25) is 0 Å². The maximum atomic E-state index is 10.8. The molecule has 1 aliphatic carbocycles. The third-order valence-corrected chi connectivity index (χ3v) is 3.60. The third kappa shape index (κ3) is 2.55. The predicted octanol–water partition coefficient (Wildman–Crippen LogP) is 1.89. The van der Waals surface area contributed by atoms with Crippen LogP contribution in [0.25, 0.3) is 11.2 Å². The lowest BCUT2D eigenvalue weighted by Crippen LogP contribution is -2.31. The quantitative estimate of drug-likeness (QED) is 0.442. The van der Waals surface area contributed by atoms with Crippen molar-refractivity contribution in [2.45, 2.75) is 13.0 Å². The molecule has 0 amide bonds. The number of imidazole rings is 1. The zero-order chi connectivity index (χ0) is 16.6. The summed E-state index contributed by atoms with van der Waals surface area (Å²) in [6, 6.07) is 4.43.